The molecule has 5 heteroatoms. The fourth-order valence-corrected chi connectivity index (χ4v) is 1.97. The molecule has 0 radical (unpaired) electrons. The predicted molar refractivity (Wildman–Crippen MR) is 65.7 cm³/mol. The van der Waals surface area contributed by atoms with Gasteiger partial charge in [0.1, 0.15) is 15.6 Å². The summed E-state index contributed by atoms with van der Waals surface area (Å²) in [5.74, 6) is 0.752. The quantitative estimate of drug-likeness (QED) is 0.749. The van der Waals surface area contributed by atoms with Gasteiger partial charge in [0, 0.05) is 6.26 Å². The van der Waals surface area contributed by atoms with Crippen molar-refractivity contribution in [3.8, 4) is 11.8 Å². The molecule has 1 aromatic carbocycles. The fraction of sp³-hybridized carbons (Fsp3) is 0.417. The molecule has 0 N–H and O–H groups in total. The van der Waals surface area contributed by atoms with Crippen molar-refractivity contribution in [1.82, 2.24) is 0 Å². The third kappa shape index (κ3) is 4.87. The van der Waals surface area contributed by atoms with Crippen molar-refractivity contribution in [2.45, 2.75) is 13.3 Å². The number of sulfone groups is 1. The van der Waals surface area contributed by atoms with Gasteiger partial charge in [0.25, 0.3) is 0 Å². The van der Waals surface area contributed by atoms with E-state index in [1.54, 1.807) is 12.1 Å². The molecular weight excluding hydrogens is 238 g/mol. The van der Waals surface area contributed by atoms with Crippen LogP contribution in [0.4, 0.5) is 0 Å². The van der Waals surface area contributed by atoms with E-state index in [2.05, 4.69) is 0 Å². The summed E-state index contributed by atoms with van der Waals surface area (Å²) < 4.78 is 27.3. The third-order valence-corrected chi connectivity index (χ3v) is 3.26. The van der Waals surface area contributed by atoms with Crippen molar-refractivity contribution in [2.75, 3.05) is 18.6 Å². The molecule has 0 saturated heterocycles. The number of aryl methyl sites for hydroxylation is 1. The van der Waals surface area contributed by atoms with Crippen LogP contribution in [0.15, 0.2) is 18.2 Å². The molecule has 0 fully saturated rings. The van der Waals surface area contributed by atoms with E-state index in [1.807, 2.05) is 19.1 Å². The standard InChI is InChI=1S/C12H15NO3S/c1-10-4-5-11(9-13)8-12(10)16-6-3-7-17(2,14)15/h4-5,8H,3,6-7H2,1-2H3. The van der Waals surface area contributed by atoms with Gasteiger partial charge in [-0.1, -0.05) is 6.07 Å². The van der Waals surface area contributed by atoms with Crippen LogP contribution in [0, 0.1) is 18.3 Å². The maximum Gasteiger partial charge on any atom is 0.147 e. The Kier molecular flexibility index (Phi) is 4.53. The Bertz CT molecular complexity index is 529. The summed E-state index contributed by atoms with van der Waals surface area (Å²) in [6, 6.07) is 7.23. The second-order valence-electron chi connectivity index (χ2n) is 3.92. The molecule has 0 heterocycles. The molecule has 0 bridgehead atoms. The lowest BCUT2D eigenvalue weighted by atomic mass is 10.1. The molecule has 1 aromatic rings. The molecule has 92 valence electrons. The molecule has 0 aliphatic rings. The first-order chi connectivity index (χ1) is 7.92. The summed E-state index contributed by atoms with van der Waals surface area (Å²) >= 11 is 0. The second-order valence-corrected chi connectivity index (χ2v) is 6.18. The van der Waals surface area contributed by atoms with Crippen molar-refractivity contribution in [2.24, 2.45) is 0 Å². The molecule has 0 aromatic heterocycles. The average Bonchev–Trinajstić information content (AvgIpc) is 2.25. The van der Waals surface area contributed by atoms with Crippen LogP contribution < -0.4 is 4.74 Å². The van der Waals surface area contributed by atoms with Gasteiger partial charge in [0.15, 0.2) is 0 Å². The van der Waals surface area contributed by atoms with E-state index in [0.717, 1.165) is 5.56 Å². The summed E-state index contributed by atoms with van der Waals surface area (Å²) in [6.07, 6.45) is 1.66. The van der Waals surface area contributed by atoms with Gasteiger partial charge in [-0.25, -0.2) is 8.42 Å². The predicted octanol–water partition coefficient (Wildman–Crippen LogP) is 1.68. The topological polar surface area (TPSA) is 67.2 Å². The highest BCUT2D eigenvalue weighted by atomic mass is 32.2. The molecule has 4 nitrogen and oxygen atoms in total. The smallest absolute Gasteiger partial charge is 0.147 e. The molecular formula is C12H15NO3S. The van der Waals surface area contributed by atoms with Crippen molar-refractivity contribution in [3.63, 3.8) is 0 Å². The lowest BCUT2D eigenvalue weighted by Gasteiger charge is -2.08. The molecule has 1 rings (SSSR count). The first-order valence-electron chi connectivity index (χ1n) is 5.23. The van der Waals surface area contributed by atoms with E-state index in [9.17, 15) is 8.42 Å². The SMILES string of the molecule is Cc1ccc(C#N)cc1OCCCS(C)(=O)=O. The number of hydrogen-bond donors (Lipinski definition) is 0. The lowest BCUT2D eigenvalue weighted by molar-refractivity contribution is 0.315. The number of rotatable bonds is 5. The Morgan fingerprint density at radius 2 is 2.12 bits per heavy atom. The number of benzene rings is 1. The van der Waals surface area contributed by atoms with Gasteiger partial charge in [-0.3, -0.25) is 0 Å². The van der Waals surface area contributed by atoms with E-state index >= 15 is 0 Å². The molecule has 0 aliphatic heterocycles. The van der Waals surface area contributed by atoms with E-state index in [-0.39, 0.29) is 5.75 Å². The highest BCUT2D eigenvalue weighted by molar-refractivity contribution is 7.90. The molecule has 0 spiro atoms. The average molecular weight is 253 g/mol. The number of nitrogens with zero attached hydrogens (tertiary/aromatic N) is 1. The maximum absolute atomic E-state index is 10.9. The Labute approximate surface area is 102 Å². The minimum Gasteiger partial charge on any atom is -0.493 e. The fourth-order valence-electron chi connectivity index (χ4n) is 1.33. The van der Waals surface area contributed by atoms with Gasteiger partial charge in [-0.05, 0) is 31.0 Å². The zero-order chi connectivity index (χ0) is 12.9. The highest BCUT2D eigenvalue weighted by Gasteiger charge is 2.04. The molecule has 0 unspecified atom stereocenters. The number of ether oxygens (including phenoxy) is 1. The summed E-state index contributed by atoms with van der Waals surface area (Å²) in [5, 5.41) is 8.75. The van der Waals surface area contributed by atoms with E-state index in [0.29, 0.717) is 24.3 Å². The van der Waals surface area contributed by atoms with Gasteiger partial charge in [0.2, 0.25) is 0 Å². The minimum absolute atomic E-state index is 0.115. The van der Waals surface area contributed by atoms with Crippen molar-refractivity contribution in [3.05, 3.63) is 29.3 Å². The third-order valence-electron chi connectivity index (χ3n) is 2.23. The summed E-state index contributed by atoms with van der Waals surface area (Å²) in [4.78, 5) is 0. The Hall–Kier alpha value is -1.54. The molecule has 0 saturated carbocycles. The summed E-state index contributed by atoms with van der Waals surface area (Å²) in [5.41, 5.74) is 1.47. The maximum atomic E-state index is 10.9. The van der Waals surface area contributed by atoms with Gasteiger partial charge < -0.3 is 4.74 Å². The van der Waals surface area contributed by atoms with Crippen molar-refractivity contribution in [1.29, 1.82) is 5.26 Å². The van der Waals surface area contributed by atoms with Gasteiger partial charge in [-0.15, -0.1) is 0 Å². The molecule has 0 atom stereocenters. The van der Waals surface area contributed by atoms with Crippen molar-refractivity contribution >= 4 is 9.84 Å². The Morgan fingerprint density at radius 3 is 2.71 bits per heavy atom. The van der Waals surface area contributed by atoms with Crippen molar-refractivity contribution < 1.29 is 13.2 Å². The lowest BCUT2D eigenvalue weighted by Crippen LogP contribution is -2.08. The van der Waals surface area contributed by atoms with Gasteiger partial charge in [0.05, 0.1) is 24.0 Å². The Balaban J connectivity index is 2.55. The second kappa shape index (κ2) is 5.69. The van der Waals surface area contributed by atoms with Crippen LogP contribution in [0.1, 0.15) is 17.5 Å². The van der Waals surface area contributed by atoms with E-state index in [4.69, 9.17) is 10.00 Å². The van der Waals surface area contributed by atoms with Crippen LogP contribution in [-0.2, 0) is 9.84 Å². The zero-order valence-corrected chi connectivity index (χ0v) is 10.8. The van der Waals surface area contributed by atoms with Crippen LogP contribution in [0.3, 0.4) is 0 Å². The Morgan fingerprint density at radius 1 is 1.41 bits per heavy atom. The van der Waals surface area contributed by atoms with Crippen LogP contribution >= 0.6 is 0 Å². The number of hydrogen-bond acceptors (Lipinski definition) is 4. The monoisotopic (exact) mass is 253 g/mol. The largest absolute Gasteiger partial charge is 0.493 e. The van der Waals surface area contributed by atoms with Gasteiger partial charge in [-0.2, -0.15) is 5.26 Å². The first kappa shape index (κ1) is 13.5. The number of nitriles is 1. The minimum atomic E-state index is -2.93. The van der Waals surface area contributed by atoms with E-state index in [1.165, 1.54) is 6.26 Å². The van der Waals surface area contributed by atoms with Crippen LogP contribution in [0.5, 0.6) is 5.75 Å². The zero-order valence-electron chi connectivity index (χ0n) is 9.93. The van der Waals surface area contributed by atoms with Crippen LogP contribution in [0.25, 0.3) is 0 Å². The van der Waals surface area contributed by atoms with Crippen LogP contribution in [0.2, 0.25) is 0 Å². The highest BCUT2D eigenvalue weighted by Crippen LogP contribution is 2.19. The normalized spacial score (nSPS) is 10.9. The molecule has 0 aliphatic carbocycles. The van der Waals surface area contributed by atoms with Gasteiger partial charge >= 0.3 is 0 Å². The first-order valence-corrected chi connectivity index (χ1v) is 7.30. The molecule has 0 amide bonds. The van der Waals surface area contributed by atoms with Crippen LogP contribution in [-0.4, -0.2) is 27.0 Å². The summed E-state index contributed by atoms with van der Waals surface area (Å²) in [6.45, 7) is 2.22. The van der Waals surface area contributed by atoms with E-state index < -0.39 is 9.84 Å². The summed E-state index contributed by atoms with van der Waals surface area (Å²) in [7, 11) is -2.93. The molecule has 17 heavy (non-hydrogen) atoms.